The molecular formula is C21H34O2. The zero-order valence-corrected chi connectivity index (χ0v) is 15.0. The fourth-order valence-electron chi connectivity index (χ4n) is 7.51. The Balaban J connectivity index is 1.60. The fraction of sp³-hybridized carbons (Fsp3) is 0.952. The molecule has 0 aliphatic heterocycles. The predicted molar refractivity (Wildman–Crippen MR) is 91.9 cm³/mol. The molecular weight excluding hydrogens is 284 g/mol. The van der Waals surface area contributed by atoms with Gasteiger partial charge in [0.25, 0.3) is 0 Å². The Kier molecular flexibility index (Phi) is 3.91. The molecule has 2 heteroatoms. The summed E-state index contributed by atoms with van der Waals surface area (Å²) in [5.41, 5.74) is 0.729. The third kappa shape index (κ3) is 2.34. The van der Waals surface area contributed by atoms with E-state index in [1.807, 2.05) is 0 Å². The molecule has 130 valence electrons. The minimum atomic E-state index is -0.0493. The molecule has 4 fully saturated rings. The van der Waals surface area contributed by atoms with Crippen LogP contribution in [-0.4, -0.2) is 17.5 Å². The molecule has 0 bridgehead atoms. The molecule has 2 nitrogen and oxygen atoms in total. The van der Waals surface area contributed by atoms with Gasteiger partial charge >= 0.3 is 0 Å². The van der Waals surface area contributed by atoms with Gasteiger partial charge in [-0.05, 0) is 98.7 Å². The van der Waals surface area contributed by atoms with E-state index >= 15 is 0 Å². The molecule has 0 saturated heterocycles. The van der Waals surface area contributed by atoms with Crippen LogP contribution in [0.5, 0.6) is 0 Å². The predicted octanol–water partition coefficient (Wildman–Crippen LogP) is 4.60. The lowest BCUT2D eigenvalue weighted by Gasteiger charge is -2.54. The molecule has 0 aromatic rings. The lowest BCUT2D eigenvalue weighted by atomic mass is 9.51. The normalized spacial score (nSPS) is 56.1. The van der Waals surface area contributed by atoms with E-state index in [-0.39, 0.29) is 11.5 Å². The zero-order chi connectivity index (χ0) is 16.2. The zero-order valence-electron chi connectivity index (χ0n) is 15.0. The van der Waals surface area contributed by atoms with Crippen molar-refractivity contribution in [2.45, 2.75) is 84.2 Å². The van der Waals surface area contributed by atoms with Crippen LogP contribution in [0.15, 0.2) is 0 Å². The van der Waals surface area contributed by atoms with Crippen molar-refractivity contribution >= 4 is 6.29 Å². The van der Waals surface area contributed by atoms with Gasteiger partial charge in [-0.1, -0.05) is 13.8 Å². The van der Waals surface area contributed by atoms with Gasteiger partial charge in [0.1, 0.15) is 6.29 Å². The molecule has 0 heterocycles. The third-order valence-electron chi connectivity index (χ3n) is 9.16. The average Bonchev–Trinajstić information content (AvgIpc) is 2.74. The second kappa shape index (κ2) is 5.58. The molecule has 8 atom stereocenters. The van der Waals surface area contributed by atoms with E-state index in [4.69, 9.17) is 0 Å². The molecule has 23 heavy (non-hydrogen) atoms. The first kappa shape index (κ1) is 16.1. The Bertz CT molecular complexity index is 474. The second-order valence-electron chi connectivity index (χ2n) is 9.87. The van der Waals surface area contributed by atoms with Gasteiger partial charge in [0, 0.05) is 5.92 Å². The minimum absolute atomic E-state index is 0.0493. The summed E-state index contributed by atoms with van der Waals surface area (Å²) < 4.78 is 0. The number of carbonyl (C=O) groups is 1. The largest absolute Gasteiger partial charge is 0.393 e. The summed E-state index contributed by atoms with van der Waals surface area (Å²) in [5.74, 6) is 3.54. The molecule has 4 saturated carbocycles. The first-order valence-corrected chi connectivity index (χ1v) is 10.1. The number of hydrogen-bond acceptors (Lipinski definition) is 2. The van der Waals surface area contributed by atoms with Gasteiger partial charge in [-0.15, -0.1) is 0 Å². The van der Waals surface area contributed by atoms with Crippen LogP contribution in [-0.2, 0) is 4.79 Å². The van der Waals surface area contributed by atoms with Gasteiger partial charge in [0.2, 0.25) is 0 Å². The summed E-state index contributed by atoms with van der Waals surface area (Å²) in [6.07, 6.45) is 13.6. The number of fused-ring (bicyclic) bond motifs is 4. The van der Waals surface area contributed by atoms with E-state index in [1.165, 1.54) is 51.2 Å². The summed E-state index contributed by atoms with van der Waals surface area (Å²) >= 11 is 0. The highest BCUT2D eigenvalue weighted by Gasteiger charge is 2.55. The molecule has 0 amide bonds. The van der Waals surface area contributed by atoms with Gasteiger partial charge in [-0.3, -0.25) is 0 Å². The molecule has 0 aromatic heterocycles. The van der Waals surface area contributed by atoms with Gasteiger partial charge in [0.15, 0.2) is 0 Å². The Morgan fingerprint density at radius 1 is 0.870 bits per heavy atom. The average molecular weight is 319 g/mol. The molecule has 4 aliphatic rings. The highest BCUT2D eigenvalue weighted by atomic mass is 16.3. The highest BCUT2D eigenvalue weighted by Crippen LogP contribution is 2.63. The Morgan fingerprint density at radius 3 is 2.35 bits per heavy atom. The van der Waals surface area contributed by atoms with Crippen molar-refractivity contribution in [1.82, 2.24) is 0 Å². The number of aliphatic hydroxyl groups is 1. The summed E-state index contributed by atoms with van der Waals surface area (Å²) in [4.78, 5) is 11.6. The Labute approximate surface area is 141 Å². The van der Waals surface area contributed by atoms with E-state index in [0.717, 1.165) is 42.9 Å². The van der Waals surface area contributed by atoms with Crippen LogP contribution < -0.4 is 0 Å². The highest BCUT2D eigenvalue weighted by molar-refractivity contribution is 5.56. The maximum absolute atomic E-state index is 11.6. The molecule has 0 radical (unpaired) electrons. The number of hydrogen-bond donors (Lipinski definition) is 1. The lowest BCUT2D eigenvalue weighted by Crippen LogP contribution is -2.47. The molecule has 0 spiro atoms. The van der Waals surface area contributed by atoms with Crippen molar-refractivity contribution in [2.75, 3.05) is 0 Å². The maximum Gasteiger partial charge on any atom is 0.123 e. The van der Waals surface area contributed by atoms with Crippen LogP contribution in [0, 0.1) is 40.4 Å². The Morgan fingerprint density at radius 2 is 1.57 bits per heavy atom. The standard InChI is InChI=1S/C21H34O2/c1-20-10-8-19-14(11-15(20)5-6-17(20)13-22)3-4-16-12-18(23)7-9-21(16,19)2/h13-19,23H,3-12H2,1-2H3/t14?,15?,16?,17-,18?,19?,20?,21?/m1/s1. The molecule has 0 aromatic carbocycles. The molecule has 7 unspecified atom stereocenters. The third-order valence-corrected chi connectivity index (χ3v) is 9.16. The molecule has 4 aliphatic carbocycles. The van der Waals surface area contributed by atoms with E-state index in [0.29, 0.717) is 11.3 Å². The number of aldehydes is 1. The van der Waals surface area contributed by atoms with Crippen LogP contribution in [0.25, 0.3) is 0 Å². The van der Waals surface area contributed by atoms with Gasteiger partial charge in [-0.2, -0.15) is 0 Å². The SMILES string of the molecule is CC12CCC(O)CC1CCC1CC3CC[C@H](C=O)C3(C)CCC12. The summed E-state index contributed by atoms with van der Waals surface area (Å²) in [7, 11) is 0. The van der Waals surface area contributed by atoms with Crippen molar-refractivity contribution < 1.29 is 9.90 Å². The monoisotopic (exact) mass is 318 g/mol. The van der Waals surface area contributed by atoms with Crippen molar-refractivity contribution in [3.8, 4) is 0 Å². The summed E-state index contributed by atoms with van der Waals surface area (Å²) in [6.45, 7) is 4.96. The first-order valence-electron chi connectivity index (χ1n) is 10.1. The topological polar surface area (TPSA) is 37.3 Å². The van der Waals surface area contributed by atoms with Crippen LogP contribution in [0.3, 0.4) is 0 Å². The van der Waals surface area contributed by atoms with E-state index in [1.54, 1.807) is 0 Å². The molecule has 1 N–H and O–H groups in total. The van der Waals surface area contributed by atoms with Crippen LogP contribution in [0.1, 0.15) is 78.1 Å². The quantitative estimate of drug-likeness (QED) is 0.718. The molecule has 4 rings (SSSR count). The van der Waals surface area contributed by atoms with Crippen LogP contribution in [0.4, 0.5) is 0 Å². The summed E-state index contributed by atoms with van der Waals surface area (Å²) in [5, 5.41) is 10.1. The smallest absolute Gasteiger partial charge is 0.123 e. The van der Waals surface area contributed by atoms with E-state index in [9.17, 15) is 9.90 Å². The maximum atomic E-state index is 11.6. The first-order chi connectivity index (χ1) is 11.0. The van der Waals surface area contributed by atoms with Crippen molar-refractivity contribution in [3.63, 3.8) is 0 Å². The van der Waals surface area contributed by atoms with Gasteiger partial charge < -0.3 is 9.90 Å². The Hall–Kier alpha value is -0.370. The fourth-order valence-corrected chi connectivity index (χ4v) is 7.51. The number of rotatable bonds is 1. The lowest BCUT2D eigenvalue weighted by molar-refractivity contribution is -0.114. The second-order valence-corrected chi connectivity index (χ2v) is 9.87. The van der Waals surface area contributed by atoms with Crippen LogP contribution >= 0.6 is 0 Å². The van der Waals surface area contributed by atoms with E-state index < -0.39 is 0 Å². The number of carbonyl (C=O) groups excluding carboxylic acids is 1. The summed E-state index contributed by atoms with van der Waals surface area (Å²) in [6, 6.07) is 0. The number of aliphatic hydroxyl groups excluding tert-OH is 1. The van der Waals surface area contributed by atoms with Gasteiger partial charge in [-0.25, -0.2) is 0 Å². The van der Waals surface area contributed by atoms with Gasteiger partial charge in [0.05, 0.1) is 6.10 Å². The van der Waals surface area contributed by atoms with Crippen molar-refractivity contribution in [1.29, 1.82) is 0 Å². The van der Waals surface area contributed by atoms with Crippen LogP contribution in [0.2, 0.25) is 0 Å². The van der Waals surface area contributed by atoms with Crippen molar-refractivity contribution in [3.05, 3.63) is 0 Å². The van der Waals surface area contributed by atoms with Crippen molar-refractivity contribution in [2.24, 2.45) is 40.4 Å². The van der Waals surface area contributed by atoms with E-state index in [2.05, 4.69) is 13.8 Å². The minimum Gasteiger partial charge on any atom is -0.393 e.